The van der Waals surface area contributed by atoms with Crippen molar-refractivity contribution < 1.29 is 9.53 Å². The summed E-state index contributed by atoms with van der Waals surface area (Å²) in [4.78, 5) is 11.8. The fourth-order valence-electron chi connectivity index (χ4n) is 1.51. The van der Waals surface area contributed by atoms with Crippen LogP contribution in [-0.4, -0.2) is 21.4 Å². The predicted molar refractivity (Wildman–Crippen MR) is 68.7 cm³/mol. The number of benzene rings is 1. The molecule has 0 aliphatic rings. The summed E-state index contributed by atoms with van der Waals surface area (Å²) in [7, 11) is 0. The highest BCUT2D eigenvalue weighted by Crippen LogP contribution is 2.14. The number of nitrogens with zero attached hydrogens (tertiary/aromatic N) is 2. The molecule has 2 aromatic rings. The highest BCUT2D eigenvalue weighted by Gasteiger charge is 2.17. The molecule has 94 valence electrons. The van der Waals surface area contributed by atoms with Crippen LogP contribution in [0.2, 0.25) is 0 Å². The summed E-state index contributed by atoms with van der Waals surface area (Å²) in [5, 5.41) is 4.12. The minimum Gasteiger partial charge on any atom is -0.456 e. The van der Waals surface area contributed by atoms with Crippen molar-refractivity contribution in [1.82, 2.24) is 9.78 Å². The second-order valence-electron chi connectivity index (χ2n) is 5.00. The summed E-state index contributed by atoms with van der Waals surface area (Å²) >= 11 is 0. The topological polar surface area (TPSA) is 44.1 Å². The van der Waals surface area contributed by atoms with E-state index in [1.54, 1.807) is 23.0 Å². The zero-order valence-corrected chi connectivity index (χ0v) is 10.8. The molecule has 4 nitrogen and oxygen atoms in total. The van der Waals surface area contributed by atoms with Gasteiger partial charge < -0.3 is 4.74 Å². The molecule has 0 amide bonds. The Labute approximate surface area is 106 Å². The third-order valence-corrected chi connectivity index (χ3v) is 2.27. The van der Waals surface area contributed by atoms with Crippen molar-refractivity contribution in [1.29, 1.82) is 0 Å². The molecule has 1 aromatic heterocycles. The molecule has 0 saturated heterocycles. The van der Waals surface area contributed by atoms with Crippen molar-refractivity contribution in [3.63, 3.8) is 0 Å². The second kappa shape index (κ2) is 4.64. The average Bonchev–Trinajstić information content (AvgIpc) is 2.80. The Morgan fingerprint density at radius 3 is 2.39 bits per heavy atom. The summed E-state index contributed by atoms with van der Waals surface area (Å²) in [6, 6.07) is 9.01. The third kappa shape index (κ3) is 2.97. The molecule has 4 heteroatoms. The van der Waals surface area contributed by atoms with E-state index < -0.39 is 5.60 Å². The summed E-state index contributed by atoms with van der Waals surface area (Å²) in [6.45, 7) is 5.55. The number of hydrogen-bond donors (Lipinski definition) is 0. The number of ether oxygens (including phenoxy) is 1. The van der Waals surface area contributed by atoms with E-state index >= 15 is 0 Å². The highest BCUT2D eigenvalue weighted by molar-refractivity contribution is 5.89. The zero-order chi connectivity index (χ0) is 13.2. The molecule has 18 heavy (non-hydrogen) atoms. The number of carbonyl (C=O) groups excluding carboxylic acids is 1. The molecular formula is C14H16N2O2. The molecule has 0 aliphatic heterocycles. The molecule has 1 heterocycles. The van der Waals surface area contributed by atoms with Gasteiger partial charge >= 0.3 is 5.97 Å². The minimum absolute atomic E-state index is 0.311. The average molecular weight is 244 g/mol. The van der Waals surface area contributed by atoms with Gasteiger partial charge in [-0.25, -0.2) is 9.48 Å². The van der Waals surface area contributed by atoms with Crippen LogP contribution < -0.4 is 0 Å². The Hall–Kier alpha value is -2.10. The summed E-state index contributed by atoms with van der Waals surface area (Å²) in [5.41, 5.74) is 0.978. The van der Waals surface area contributed by atoms with Crippen molar-refractivity contribution >= 4 is 5.97 Å². The molecule has 0 saturated carbocycles. The van der Waals surface area contributed by atoms with Crippen LogP contribution >= 0.6 is 0 Å². The predicted octanol–water partition coefficient (Wildman–Crippen LogP) is 2.83. The maximum atomic E-state index is 11.8. The smallest absolute Gasteiger partial charge is 0.338 e. The van der Waals surface area contributed by atoms with Gasteiger partial charge in [0.25, 0.3) is 0 Å². The number of carbonyl (C=O) groups is 1. The lowest BCUT2D eigenvalue weighted by atomic mass is 10.1. The van der Waals surface area contributed by atoms with Crippen LogP contribution in [0.25, 0.3) is 5.69 Å². The minimum atomic E-state index is -0.474. The van der Waals surface area contributed by atoms with Gasteiger partial charge in [0.2, 0.25) is 0 Å². The third-order valence-electron chi connectivity index (χ3n) is 2.27. The number of hydrogen-bond acceptors (Lipinski definition) is 3. The van der Waals surface area contributed by atoms with Crippen LogP contribution in [0, 0.1) is 0 Å². The number of rotatable bonds is 2. The maximum absolute atomic E-state index is 11.8. The first-order chi connectivity index (χ1) is 8.46. The van der Waals surface area contributed by atoms with Crippen LogP contribution in [0.15, 0.2) is 42.7 Å². The Bertz CT molecular complexity index is 522. The lowest BCUT2D eigenvalue weighted by molar-refractivity contribution is 0.00696. The molecule has 0 bridgehead atoms. The van der Waals surface area contributed by atoms with E-state index in [4.69, 9.17) is 4.74 Å². The quantitative estimate of drug-likeness (QED) is 0.763. The lowest BCUT2D eigenvalue weighted by Gasteiger charge is -2.19. The first-order valence-electron chi connectivity index (χ1n) is 5.79. The van der Waals surface area contributed by atoms with E-state index in [9.17, 15) is 4.79 Å². The summed E-state index contributed by atoms with van der Waals surface area (Å²) < 4.78 is 7.03. The lowest BCUT2D eigenvalue weighted by Crippen LogP contribution is -2.23. The summed E-state index contributed by atoms with van der Waals surface area (Å²) in [6.07, 6.45) is 3.56. The van der Waals surface area contributed by atoms with Gasteiger partial charge in [-0.15, -0.1) is 0 Å². The van der Waals surface area contributed by atoms with Crippen molar-refractivity contribution in [2.45, 2.75) is 26.4 Å². The molecule has 0 atom stereocenters. The van der Waals surface area contributed by atoms with Gasteiger partial charge in [0.15, 0.2) is 0 Å². The summed E-state index contributed by atoms with van der Waals surface area (Å²) in [5.74, 6) is -0.311. The van der Waals surface area contributed by atoms with E-state index in [1.165, 1.54) is 0 Å². The fraction of sp³-hybridized carbons (Fsp3) is 0.286. The van der Waals surface area contributed by atoms with E-state index in [0.717, 1.165) is 5.69 Å². The first-order valence-corrected chi connectivity index (χ1v) is 5.79. The monoisotopic (exact) mass is 244 g/mol. The van der Waals surface area contributed by atoms with Gasteiger partial charge in [0.1, 0.15) is 5.60 Å². The standard InChI is InChI=1S/C14H16N2O2/c1-14(2,3)18-13(17)11-5-7-12(8-6-11)16-10-4-9-15-16/h4-10H,1-3H3. The molecule has 1 aromatic carbocycles. The highest BCUT2D eigenvalue weighted by atomic mass is 16.6. The largest absolute Gasteiger partial charge is 0.456 e. The van der Waals surface area contributed by atoms with Crippen LogP contribution in [0.5, 0.6) is 0 Å². The van der Waals surface area contributed by atoms with Gasteiger partial charge in [-0.2, -0.15) is 5.10 Å². The van der Waals surface area contributed by atoms with Gasteiger partial charge in [-0.3, -0.25) is 0 Å². The van der Waals surface area contributed by atoms with Crippen molar-refractivity contribution in [2.24, 2.45) is 0 Å². The van der Waals surface area contributed by atoms with Gasteiger partial charge in [-0.1, -0.05) is 0 Å². The van der Waals surface area contributed by atoms with E-state index in [-0.39, 0.29) is 5.97 Å². The zero-order valence-electron chi connectivity index (χ0n) is 10.8. The maximum Gasteiger partial charge on any atom is 0.338 e. The first kappa shape index (κ1) is 12.4. The molecule has 2 rings (SSSR count). The molecule has 0 unspecified atom stereocenters. The van der Waals surface area contributed by atoms with E-state index in [1.807, 2.05) is 45.2 Å². The molecule has 0 radical (unpaired) electrons. The van der Waals surface area contributed by atoms with Gasteiger partial charge in [0, 0.05) is 12.4 Å². The second-order valence-corrected chi connectivity index (χ2v) is 5.00. The van der Waals surface area contributed by atoms with Crippen LogP contribution in [-0.2, 0) is 4.74 Å². The van der Waals surface area contributed by atoms with Crippen LogP contribution in [0.3, 0.4) is 0 Å². The van der Waals surface area contributed by atoms with E-state index in [2.05, 4.69) is 5.10 Å². The van der Waals surface area contributed by atoms with Crippen molar-refractivity contribution in [3.05, 3.63) is 48.3 Å². The van der Waals surface area contributed by atoms with Crippen molar-refractivity contribution in [3.8, 4) is 5.69 Å². The van der Waals surface area contributed by atoms with Crippen molar-refractivity contribution in [2.75, 3.05) is 0 Å². The molecule has 0 spiro atoms. The normalized spacial score (nSPS) is 11.3. The Morgan fingerprint density at radius 2 is 1.89 bits per heavy atom. The Balaban J connectivity index is 2.15. The molecule has 0 N–H and O–H groups in total. The van der Waals surface area contributed by atoms with Gasteiger partial charge in [0.05, 0.1) is 11.3 Å². The molecule has 0 fully saturated rings. The molecule has 0 aliphatic carbocycles. The number of aromatic nitrogens is 2. The SMILES string of the molecule is CC(C)(C)OC(=O)c1ccc(-n2cccn2)cc1. The van der Waals surface area contributed by atoms with Crippen LogP contribution in [0.1, 0.15) is 31.1 Å². The number of esters is 1. The van der Waals surface area contributed by atoms with Gasteiger partial charge in [-0.05, 0) is 51.1 Å². The fourth-order valence-corrected chi connectivity index (χ4v) is 1.51. The molecular weight excluding hydrogens is 228 g/mol. The van der Waals surface area contributed by atoms with E-state index in [0.29, 0.717) is 5.56 Å². The Kier molecular flexibility index (Phi) is 3.19. The Morgan fingerprint density at radius 1 is 1.22 bits per heavy atom. The van der Waals surface area contributed by atoms with Crippen LogP contribution in [0.4, 0.5) is 0 Å².